The molecule has 1 saturated heterocycles. The number of piperidine rings is 1. The molecule has 0 saturated carbocycles. The molecule has 2 aromatic carbocycles. The van der Waals surface area contributed by atoms with E-state index in [1.807, 2.05) is 18.2 Å². The number of hydrogen-bond acceptors (Lipinski definition) is 3. The first-order valence-electron chi connectivity index (χ1n) is 9.53. The standard InChI is InChI=1S/C23H27NO2/c1-22(2,3)17-10-8-16(9-11-17)20(25)21-18-6-4-5-7-19(18)23(26-21)12-14-24-15-13-23/h4-11,21,24H,12-15H2,1-3H3/t21-/m1/s1. The second-order valence-electron chi connectivity index (χ2n) is 8.52. The molecule has 1 spiro atoms. The van der Waals surface area contributed by atoms with Gasteiger partial charge in [-0.1, -0.05) is 69.3 Å². The summed E-state index contributed by atoms with van der Waals surface area (Å²) >= 11 is 0. The summed E-state index contributed by atoms with van der Waals surface area (Å²) in [4.78, 5) is 13.3. The second kappa shape index (κ2) is 6.33. The van der Waals surface area contributed by atoms with Gasteiger partial charge >= 0.3 is 0 Å². The molecule has 2 aromatic rings. The van der Waals surface area contributed by atoms with Gasteiger partial charge in [0.2, 0.25) is 0 Å². The van der Waals surface area contributed by atoms with Crippen LogP contribution >= 0.6 is 0 Å². The van der Waals surface area contributed by atoms with Crippen LogP contribution in [0.25, 0.3) is 0 Å². The highest BCUT2D eigenvalue weighted by Crippen LogP contribution is 2.49. The number of carbonyl (C=O) groups excluding carboxylic acids is 1. The number of nitrogens with one attached hydrogen (secondary N) is 1. The van der Waals surface area contributed by atoms with Gasteiger partial charge in [0.05, 0.1) is 5.60 Å². The van der Waals surface area contributed by atoms with Crippen molar-refractivity contribution in [3.63, 3.8) is 0 Å². The van der Waals surface area contributed by atoms with Gasteiger partial charge < -0.3 is 10.1 Å². The summed E-state index contributed by atoms with van der Waals surface area (Å²) < 4.78 is 6.48. The third kappa shape index (κ3) is 2.89. The fourth-order valence-corrected chi connectivity index (χ4v) is 4.19. The molecule has 1 atom stereocenters. The van der Waals surface area contributed by atoms with Crippen molar-refractivity contribution in [1.29, 1.82) is 0 Å². The molecule has 0 amide bonds. The Morgan fingerprint density at radius 1 is 1.04 bits per heavy atom. The molecule has 0 bridgehead atoms. The van der Waals surface area contributed by atoms with Gasteiger partial charge in [0, 0.05) is 5.56 Å². The highest BCUT2D eigenvalue weighted by molar-refractivity contribution is 6.00. The van der Waals surface area contributed by atoms with Crippen molar-refractivity contribution in [2.45, 2.75) is 50.7 Å². The molecule has 1 fully saturated rings. The van der Waals surface area contributed by atoms with Gasteiger partial charge in [-0.05, 0) is 48.0 Å². The maximum absolute atomic E-state index is 13.3. The van der Waals surface area contributed by atoms with E-state index in [-0.39, 0.29) is 16.8 Å². The van der Waals surface area contributed by atoms with Gasteiger partial charge in [0.25, 0.3) is 0 Å². The molecule has 26 heavy (non-hydrogen) atoms. The molecule has 1 N–H and O–H groups in total. The van der Waals surface area contributed by atoms with Crippen LogP contribution in [0.15, 0.2) is 48.5 Å². The monoisotopic (exact) mass is 349 g/mol. The van der Waals surface area contributed by atoms with Crippen LogP contribution in [0.1, 0.15) is 66.8 Å². The molecular formula is C23H27NO2. The van der Waals surface area contributed by atoms with Crippen LogP contribution < -0.4 is 5.32 Å². The summed E-state index contributed by atoms with van der Waals surface area (Å²) in [7, 11) is 0. The zero-order valence-electron chi connectivity index (χ0n) is 15.8. The fourth-order valence-electron chi connectivity index (χ4n) is 4.19. The normalized spacial score (nSPS) is 21.6. The Morgan fingerprint density at radius 2 is 1.69 bits per heavy atom. The predicted octanol–water partition coefficient (Wildman–Crippen LogP) is 4.52. The number of carbonyl (C=O) groups is 1. The van der Waals surface area contributed by atoms with Crippen LogP contribution in [0.2, 0.25) is 0 Å². The average molecular weight is 349 g/mol. The molecule has 2 aliphatic heterocycles. The molecule has 0 radical (unpaired) electrons. The summed E-state index contributed by atoms with van der Waals surface area (Å²) in [5.41, 5.74) is 3.97. The molecular weight excluding hydrogens is 322 g/mol. The topological polar surface area (TPSA) is 38.3 Å². The van der Waals surface area contributed by atoms with Crippen LogP contribution in [0.4, 0.5) is 0 Å². The molecule has 2 aliphatic rings. The fraction of sp³-hybridized carbons (Fsp3) is 0.435. The molecule has 3 heteroatoms. The number of benzene rings is 2. The Labute approximate surface area is 155 Å². The lowest BCUT2D eigenvalue weighted by molar-refractivity contribution is -0.0806. The van der Waals surface area contributed by atoms with E-state index in [1.165, 1.54) is 11.1 Å². The van der Waals surface area contributed by atoms with Crippen LogP contribution in [0.5, 0.6) is 0 Å². The molecule has 2 heterocycles. The predicted molar refractivity (Wildman–Crippen MR) is 104 cm³/mol. The number of hydrogen-bond donors (Lipinski definition) is 1. The van der Waals surface area contributed by atoms with Gasteiger partial charge in [-0.15, -0.1) is 0 Å². The lowest BCUT2D eigenvalue weighted by Crippen LogP contribution is -2.40. The molecule has 136 valence electrons. The molecule has 0 aliphatic carbocycles. The van der Waals surface area contributed by atoms with Crippen molar-refractivity contribution >= 4 is 5.78 Å². The van der Waals surface area contributed by atoms with Gasteiger partial charge in [-0.2, -0.15) is 0 Å². The summed E-state index contributed by atoms with van der Waals surface area (Å²) in [6.45, 7) is 8.40. The van der Waals surface area contributed by atoms with E-state index in [1.54, 1.807) is 0 Å². The quantitative estimate of drug-likeness (QED) is 0.810. The van der Waals surface area contributed by atoms with E-state index in [4.69, 9.17) is 4.74 Å². The van der Waals surface area contributed by atoms with Crippen molar-refractivity contribution < 1.29 is 9.53 Å². The Hall–Kier alpha value is -1.97. The number of ketones is 1. The van der Waals surface area contributed by atoms with E-state index < -0.39 is 6.10 Å². The smallest absolute Gasteiger partial charge is 0.196 e. The van der Waals surface area contributed by atoms with Gasteiger partial charge in [-0.3, -0.25) is 4.79 Å². The van der Waals surface area contributed by atoms with Crippen LogP contribution in [0, 0.1) is 0 Å². The first kappa shape index (κ1) is 17.4. The molecule has 0 unspecified atom stereocenters. The summed E-state index contributed by atoms with van der Waals surface area (Å²) in [5.74, 6) is 0.0633. The second-order valence-corrected chi connectivity index (χ2v) is 8.52. The first-order valence-corrected chi connectivity index (χ1v) is 9.53. The zero-order chi connectivity index (χ0) is 18.4. The highest BCUT2D eigenvalue weighted by atomic mass is 16.5. The SMILES string of the molecule is CC(C)(C)c1ccc(C(=O)[C@@H]2OC3(CCNCC3)c3ccccc32)cc1. The third-order valence-corrected chi connectivity index (χ3v) is 5.76. The summed E-state index contributed by atoms with van der Waals surface area (Å²) in [5, 5.41) is 3.40. The molecule has 4 rings (SSSR count). The van der Waals surface area contributed by atoms with Gasteiger partial charge in [0.1, 0.15) is 6.10 Å². The number of fused-ring (bicyclic) bond motifs is 2. The number of Topliss-reactive ketones (excluding diaryl/α,β-unsaturated/α-hetero) is 1. The van der Waals surface area contributed by atoms with Crippen LogP contribution in [-0.2, 0) is 15.8 Å². The molecule has 3 nitrogen and oxygen atoms in total. The van der Waals surface area contributed by atoms with Gasteiger partial charge in [-0.25, -0.2) is 0 Å². The summed E-state index contributed by atoms with van der Waals surface area (Å²) in [6.07, 6.45) is 1.33. The lowest BCUT2D eigenvalue weighted by atomic mass is 9.83. The highest BCUT2D eigenvalue weighted by Gasteiger charge is 2.47. The maximum Gasteiger partial charge on any atom is 0.196 e. The Balaban J connectivity index is 1.66. The van der Waals surface area contributed by atoms with Crippen LogP contribution in [-0.4, -0.2) is 18.9 Å². The van der Waals surface area contributed by atoms with E-state index in [9.17, 15) is 4.79 Å². The third-order valence-electron chi connectivity index (χ3n) is 5.76. The van der Waals surface area contributed by atoms with Crippen molar-refractivity contribution in [3.8, 4) is 0 Å². The van der Waals surface area contributed by atoms with E-state index >= 15 is 0 Å². The first-order chi connectivity index (χ1) is 12.4. The van der Waals surface area contributed by atoms with Crippen molar-refractivity contribution in [2.75, 3.05) is 13.1 Å². The van der Waals surface area contributed by atoms with E-state index in [0.29, 0.717) is 0 Å². The largest absolute Gasteiger partial charge is 0.354 e. The Kier molecular flexibility index (Phi) is 4.25. The molecule has 0 aromatic heterocycles. The van der Waals surface area contributed by atoms with Crippen molar-refractivity contribution in [3.05, 3.63) is 70.8 Å². The Bertz CT molecular complexity index is 811. The summed E-state index contributed by atoms with van der Waals surface area (Å²) in [6, 6.07) is 16.3. The van der Waals surface area contributed by atoms with Gasteiger partial charge in [0.15, 0.2) is 5.78 Å². The average Bonchev–Trinajstić information content (AvgIpc) is 2.96. The lowest BCUT2D eigenvalue weighted by Gasteiger charge is -2.34. The maximum atomic E-state index is 13.3. The minimum absolute atomic E-state index is 0.0633. The number of rotatable bonds is 2. The van der Waals surface area contributed by atoms with E-state index in [0.717, 1.165) is 37.1 Å². The minimum Gasteiger partial charge on any atom is -0.354 e. The number of ether oxygens (including phenoxy) is 1. The zero-order valence-corrected chi connectivity index (χ0v) is 15.8. The van der Waals surface area contributed by atoms with Crippen LogP contribution in [0.3, 0.4) is 0 Å². The van der Waals surface area contributed by atoms with Crippen molar-refractivity contribution in [1.82, 2.24) is 5.32 Å². The Morgan fingerprint density at radius 3 is 2.35 bits per heavy atom. The minimum atomic E-state index is -0.496. The van der Waals surface area contributed by atoms with E-state index in [2.05, 4.69) is 56.4 Å². The van der Waals surface area contributed by atoms with Crippen molar-refractivity contribution in [2.24, 2.45) is 0 Å².